The van der Waals surface area contributed by atoms with Gasteiger partial charge in [-0.25, -0.2) is 0 Å². The normalized spacial score (nSPS) is 19.3. The van der Waals surface area contributed by atoms with Crippen LogP contribution < -0.4 is 5.73 Å². The van der Waals surface area contributed by atoms with Crippen molar-refractivity contribution in [3.05, 3.63) is 33.3 Å². The Labute approximate surface area is 113 Å². The summed E-state index contributed by atoms with van der Waals surface area (Å²) in [6.07, 6.45) is 6.51. The molecule has 1 saturated carbocycles. The molecule has 2 N–H and O–H groups in total. The molecule has 1 aromatic carbocycles. The first kappa shape index (κ1) is 13.1. The maximum Gasteiger partial charge on any atom is 0.0210 e. The summed E-state index contributed by atoms with van der Waals surface area (Å²) in [5.74, 6) is 0. The minimum Gasteiger partial charge on any atom is -0.330 e. The number of nitrogens with two attached hydrogens (primary N) is 1. The highest BCUT2D eigenvalue weighted by molar-refractivity contribution is 9.10. The summed E-state index contributed by atoms with van der Waals surface area (Å²) in [5.41, 5.74) is 10.5. The summed E-state index contributed by atoms with van der Waals surface area (Å²) in [7, 11) is 0. The van der Waals surface area contributed by atoms with E-state index in [0.717, 1.165) is 6.54 Å². The fraction of sp³-hybridized carbons (Fsp3) is 0.600. The minimum atomic E-state index is 0.235. The molecule has 94 valence electrons. The first-order chi connectivity index (χ1) is 8.09. The fourth-order valence-electron chi connectivity index (χ4n) is 2.96. The van der Waals surface area contributed by atoms with E-state index < -0.39 is 0 Å². The second-order valence-corrected chi connectivity index (χ2v) is 6.30. The van der Waals surface area contributed by atoms with Gasteiger partial charge in [-0.3, -0.25) is 0 Å². The predicted molar refractivity (Wildman–Crippen MR) is 77.4 cm³/mol. The SMILES string of the molecule is Cc1cc(C2(CN)CCCCC2)cc(Br)c1C. The topological polar surface area (TPSA) is 26.0 Å². The van der Waals surface area contributed by atoms with E-state index in [1.807, 2.05) is 0 Å². The molecule has 0 amide bonds. The smallest absolute Gasteiger partial charge is 0.0210 e. The third-order valence-corrected chi connectivity index (χ3v) is 5.24. The molecule has 0 radical (unpaired) electrons. The Bertz CT molecular complexity index is 382. The molecule has 0 aliphatic heterocycles. The lowest BCUT2D eigenvalue weighted by atomic mass is 9.69. The molecule has 1 aliphatic carbocycles. The molecule has 0 heterocycles. The third kappa shape index (κ3) is 2.43. The molecule has 2 rings (SSSR count). The molecule has 0 atom stereocenters. The highest BCUT2D eigenvalue weighted by Crippen LogP contribution is 2.40. The molecule has 1 aromatic rings. The maximum absolute atomic E-state index is 6.09. The Kier molecular flexibility index (Phi) is 3.94. The number of halogens is 1. The van der Waals surface area contributed by atoms with E-state index in [0.29, 0.717) is 0 Å². The lowest BCUT2D eigenvalue weighted by molar-refractivity contribution is 0.300. The summed E-state index contributed by atoms with van der Waals surface area (Å²) < 4.78 is 1.23. The molecule has 1 nitrogen and oxygen atoms in total. The Balaban J connectivity index is 2.43. The Morgan fingerprint density at radius 1 is 1.18 bits per heavy atom. The van der Waals surface area contributed by atoms with E-state index in [2.05, 4.69) is 41.9 Å². The van der Waals surface area contributed by atoms with Crippen LogP contribution in [0.3, 0.4) is 0 Å². The monoisotopic (exact) mass is 295 g/mol. The van der Waals surface area contributed by atoms with Gasteiger partial charge in [-0.1, -0.05) is 41.3 Å². The van der Waals surface area contributed by atoms with Crippen molar-refractivity contribution >= 4 is 15.9 Å². The highest BCUT2D eigenvalue weighted by atomic mass is 79.9. The number of hydrogen-bond acceptors (Lipinski definition) is 1. The third-order valence-electron chi connectivity index (χ3n) is 4.42. The maximum atomic E-state index is 6.09. The van der Waals surface area contributed by atoms with Crippen molar-refractivity contribution < 1.29 is 0 Å². The van der Waals surface area contributed by atoms with Gasteiger partial charge in [0.25, 0.3) is 0 Å². The van der Waals surface area contributed by atoms with E-state index in [1.54, 1.807) is 0 Å². The lowest BCUT2D eigenvalue weighted by Gasteiger charge is -2.37. The van der Waals surface area contributed by atoms with Crippen LogP contribution in [-0.2, 0) is 5.41 Å². The molecular formula is C15H22BrN. The standard InChI is InChI=1S/C15H22BrN/c1-11-8-13(9-14(16)12(11)2)15(10-17)6-4-3-5-7-15/h8-9H,3-7,10,17H2,1-2H3. The summed E-state index contributed by atoms with van der Waals surface area (Å²) >= 11 is 3.68. The van der Waals surface area contributed by atoms with Gasteiger partial charge in [-0.2, -0.15) is 0 Å². The van der Waals surface area contributed by atoms with Crippen LogP contribution in [0.1, 0.15) is 48.8 Å². The van der Waals surface area contributed by atoms with E-state index in [4.69, 9.17) is 5.73 Å². The first-order valence-corrected chi connectivity index (χ1v) is 7.36. The van der Waals surface area contributed by atoms with Gasteiger partial charge < -0.3 is 5.73 Å². The van der Waals surface area contributed by atoms with E-state index in [-0.39, 0.29) is 5.41 Å². The van der Waals surface area contributed by atoms with Crippen molar-refractivity contribution in [1.29, 1.82) is 0 Å². The predicted octanol–water partition coefficient (Wildman–Crippen LogP) is 4.23. The van der Waals surface area contributed by atoms with Gasteiger partial charge in [0.1, 0.15) is 0 Å². The van der Waals surface area contributed by atoms with Crippen molar-refractivity contribution in [1.82, 2.24) is 0 Å². The van der Waals surface area contributed by atoms with Crippen LogP contribution in [0.5, 0.6) is 0 Å². The molecule has 0 spiro atoms. The zero-order valence-electron chi connectivity index (χ0n) is 10.9. The van der Waals surface area contributed by atoms with Crippen molar-refractivity contribution in [3.63, 3.8) is 0 Å². The largest absolute Gasteiger partial charge is 0.330 e. The first-order valence-electron chi connectivity index (χ1n) is 6.56. The van der Waals surface area contributed by atoms with Gasteiger partial charge in [0, 0.05) is 16.4 Å². The van der Waals surface area contributed by atoms with Gasteiger partial charge >= 0.3 is 0 Å². The Hall–Kier alpha value is -0.340. The number of hydrogen-bond donors (Lipinski definition) is 1. The zero-order chi connectivity index (χ0) is 12.5. The van der Waals surface area contributed by atoms with Gasteiger partial charge in [0.2, 0.25) is 0 Å². The molecular weight excluding hydrogens is 274 g/mol. The van der Waals surface area contributed by atoms with Crippen molar-refractivity contribution in [3.8, 4) is 0 Å². The Morgan fingerprint density at radius 2 is 1.82 bits per heavy atom. The van der Waals surface area contributed by atoms with Crippen molar-refractivity contribution in [2.75, 3.05) is 6.54 Å². The second-order valence-electron chi connectivity index (χ2n) is 5.45. The van der Waals surface area contributed by atoms with Gasteiger partial charge in [-0.05, 0) is 49.4 Å². The summed E-state index contributed by atoms with van der Waals surface area (Å²) in [4.78, 5) is 0. The van der Waals surface area contributed by atoms with Gasteiger partial charge in [-0.15, -0.1) is 0 Å². The second kappa shape index (κ2) is 5.11. The van der Waals surface area contributed by atoms with E-state index >= 15 is 0 Å². The molecule has 1 aliphatic rings. The number of aryl methyl sites for hydroxylation is 1. The quantitative estimate of drug-likeness (QED) is 0.868. The molecule has 0 unspecified atom stereocenters. The van der Waals surface area contributed by atoms with E-state index in [1.165, 1.54) is 53.3 Å². The van der Waals surface area contributed by atoms with Crippen LogP contribution in [0, 0.1) is 13.8 Å². The highest BCUT2D eigenvalue weighted by Gasteiger charge is 2.32. The van der Waals surface area contributed by atoms with Gasteiger partial charge in [0.15, 0.2) is 0 Å². The zero-order valence-corrected chi connectivity index (χ0v) is 12.4. The Morgan fingerprint density at radius 3 is 2.35 bits per heavy atom. The summed E-state index contributed by atoms with van der Waals surface area (Å²) in [6, 6.07) is 4.64. The lowest BCUT2D eigenvalue weighted by Crippen LogP contribution is -2.37. The number of rotatable bonds is 2. The average Bonchev–Trinajstić information content (AvgIpc) is 2.36. The molecule has 0 bridgehead atoms. The van der Waals surface area contributed by atoms with Crippen LogP contribution in [0.2, 0.25) is 0 Å². The van der Waals surface area contributed by atoms with Crippen LogP contribution in [0.25, 0.3) is 0 Å². The molecule has 0 saturated heterocycles. The van der Waals surface area contributed by atoms with Crippen LogP contribution in [0.15, 0.2) is 16.6 Å². The number of benzene rings is 1. The van der Waals surface area contributed by atoms with Crippen molar-refractivity contribution in [2.45, 2.75) is 51.4 Å². The van der Waals surface area contributed by atoms with Crippen LogP contribution in [0.4, 0.5) is 0 Å². The summed E-state index contributed by atoms with van der Waals surface area (Å²) in [6.45, 7) is 5.14. The van der Waals surface area contributed by atoms with Crippen LogP contribution >= 0.6 is 15.9 Å². The molecule has 1 fully saturated rings. The molecule has 17 heavy (non-hydrogen) atoms. The van der Waals surface area contributed by atoms with E-state index in [9.17, 15) is 0 Å². The fourth-order valence-corrected chi connectivity index (χ4v) is 3.52. The molecule has 2 heteroatoms. The van der Waals surface area contributed by atoms with Gasteiger partial charge in [0.05, 0.1) is 0 Å². The van der Waals surface area contributed by atoms with Crippen LogP contribution in [-0.4, -0.2) is 6.54 Å². The average molecular weight is 296 g/mol. The molecule has 0 aromatic heterocycles. The summed E-state index contributed by atoms with van der Waals surface area (Å²) in [5, 5.41) is 0. The van der Waals surface area contributed by atoms with Crippen molar-refractivity contribution in [2.24, 2.45) is 5.73 Å². The minimum absolute atomic E-state index is 0.235.